The van der Waals surface area contributed by atoms with Gasteiger partial charge in [0.05, 0.1) is 23.9 Å². The van der Waals surface area contributed by atoms with E-state index in [1.54, 1.807) is 22.2 Å². The molecule has 1 aliphatic heterocycles. The number of carbonyl (C=O) groups excluding carboxylic acids is 1. The number of para-hydroxylation sites is 1. The lowest BCUT2D eigenvalue weighted by Gasteiger charge is -2.29. The zero-order valence-electron chi connectivity index (χ0n) is 18.1. The lowest BCUT2D eigenvalue weighted by Crippen LogP contribution is -2.36. The van der Waals surface area contributed by atoms with Gasteiger partial charge in [-0.05, 0) is 61.4 Å². The number of aromatic nitrogens is 2. The molecule has 1 amide bonds. The molecule has 168 valence electrons. The van der Waals surface area contributed by atoms with E-state index in [2.05, 4.69) is 6.07 Å². The standard InChI is InChI=1S/C25H23N3O3S2/c29-21(27-12-4-7-16-6-1-2-10-19(16)27)15-32-25-26-23-22(18-9-3-11-20(18)33-23)24(30)28(25)14-17-8-5-13-31-17/h1-2,5-6,8,10,13H,3-4,7,9,11-12,14-15H2. The Kier molecular flexibility index (Phi) is 5.34. The number of carbonyl (C=O) groups is 1. The minimum Gasteiger partial charge on any atom is -0.467 e. The van der Waals surface area contributed by atoms with Gasteiger partial charge in [0, 0.05) is 17.1 Å². The number of amides is 1. The van der Waals surface area contributed by atoms with E-state index in [1.165, 1.54) is 27.8 Å². The maximum absolute atomic E-state index is 13.6. The van der Waals surface area contributed by atoms with Crippen molar-refractivity contribution in [2.45, 2.75) is 43.8 Å². The second-order valence-corrected chi connectivity index (χ2v) is 10.5. The lowest BCUT2D eigenvalue weighted by molar-refractivity contribution is -0.116. The van der Waals surface area contributed by atoms with Crippen molar-refractivity contribution in [1.82, 2.24) is 9.55 Å². The first kappa shape index (κ1) is 20.7. The number of anilines is 1. The number of hydrogen-bond acceptors (Lipinski definition) is 6. The van der Waals surface area contributed by atoms with Crippen molar-refractivity contribution < 1.29 is 9.21 Å². The second kappa shape index (κ2) is 8.50. The molecule has 1 aromatic carbocycles. The smallest absolute Gasteiger partial charge is 0.263 e. The van der Waals surface area contributed by atoms with E-state index in [-0.39, 0.29) is 17.2 Å². The van der Waals surface area contributed by atoms with Gasteiger partial charge in [-0.2, -0.15) is 0 Å². The van der Waals surface area contributed by atoms with E-state index in [0.29, 0.717) is 17.5 Å². The number of nitrogens with zero attached hydrogens (tertiary/aromatic N) is 3. The molecule has 0 unspecified atom stereocenters. The number of fused-ring (bicyclic) bond motifs is 4. The SMILES string of the molecule is O=C(CSc1nc2sc3c(c2c(=O)n1Cc1ccco1)CCC3)N1CCCc2ccccc21. The summed E-state index contributed by atoms with van der Waals surface area (Å²) in [6.07, 6.45) is 6.62. The first-order valence-electron chi connectivity index (χ1n) is 11.3. The average Bonchev–Trinajstić information content (AvgIpc) is 3.57. The fourth-order valence-corrected chi connectivity index (χ4v) is 7.04. The topological polar surface area (TPSA) is 68.3 Å². The van der Waals surface area contributed by atoms with Gasteiger partial charge in [0.2, 0.25) is 5.91 Å². The van der Waals surface area contributed by atoms with Gasteiger partial charge in [0.15, 0.2) is 5.16 Å². The van der Waals surface area contributed by atoms with E-state index < -0.39 is 0 Å². The molecule has 1 aliphatic carbocycles. The molecule has 3 aromatic heterocycles. The minimum absolute atomic E-state index is 0.0333. The predicted molar refractivity (Wildman–Crippen MR) is 132 cm³/mol. The number of thioether (sulfide) groups is 1. The zero-order valence-corrected chi connectivity index (χ0v) is 19.7. The Bertz CT molecular complexity index is 1400. The molecule has 0 atom stereocenters. The number of thiophene rings is 1. The summed E-state index contributed by atoms with van der Waals surface area (Å²) in [5.41, 5.74) is 3.34. The van der Waals surface area contributed by atoms with Crippen molar-refractivity contribution in [3.63, 3.8) is 0 Å². The third kappa shape index (κ3) is 3.71. The van der Waals surface area contributed by atoms with Crippen LogP contribution in [0.2, 0.25) is 0 Å². The van der Waals surface area contributed by atoms with Crippen LogP contribution in [0.25, 0.3) is 10.2 Å². The molecular formula is C25H23N3O3S2. The van der Waals surface area contributed by atoms with Crippen LogP contribution >= 0.6 is 23.1 Å². The fourth-order valence-electron chi connectivity index (χ4n) is 4.86. The molecular weight excluding hydrogens is 454 g/mol. The van der Waals surface area contributed by atoms with Gasteiger partial charge in [-0.1, -0.05) is 30.0 Å². The van der Waals surface area contributed by atoms with E-state index in [0.717, 1.165) is 54.6 Å². The normalized spacial score (nSPS) is 15.1. The molecule has 6 rings (SSSR count). The lowest BCUT2D eigenvalue weighted by atomic mass is 10.0. The maximum Gasteiger partial charge on any atom is 0.263 e. The Labute approximate surface area is 199 Å². The molecule has 0 saturated heterocycles. The summed E-state index contributed by atoms with van der Waals surface area (Å²) in [6.45, 7) is 1.03. The van der Waals surface area contributed by atoms with Gasteiger partial charge >= 0.3 is 0 Å². The molecule has 4 aromatic rings. The van der Waals surface area contributed by atoms with E-state index in [9.17, 15) is 9.59 Å². The molecule has 2 aliphatic rings. The number of aryl methyl sites for hydroxylation is 3. The quantitative estimate of drug-likeness (QED) is 0.309. The Morgan fingerprint density at radius 2 is 2.03 bits per heavy atom. The van der Waals surface area contributed by atoms with Crippen LogP contribution < -0.4 is 10.5 Å². The number of rotatable bonds is 5. The van der Waals surface area contributed by atoms with Crippen molar-refractivity contribution in [3.05, 3.63) is 74.8 Å². The highest BCUT2D eigenvalue weighted by atomic mass is 32.2. The highest BCUT2D eigenvalue weighted by Gasteiger charge is 2.26. The summed E-state index contributed by atoms with van der Waals surface area (Å²) in [7, 11) is 0. The monoisotopic (exact) mass is 477 g/mol. The summed E-state index contributed by atoms with van der Waals surface area (Å²) in [5, 5.41) is 1.32. The first-order chi connectivity index (χ1) is 16.2. The molecule has 0 radical (unpaired) electrons. The number of hydrogen-bond donors (Lipinski definition) is 0. The minimum atomic E-state index is -0.0333. The third-order valence-electron chi connectivity index (χ3n) is 6.42. The molecule has 0 bridgehead atoms. The van der Waals surface area contributed by atoms with Crippen molar-refractivity contribution in [2.75, 3.05) is 17.2 Å². The highest BCUT2D eigenvalue weighted by molar-refractivity contribution is 7.99. The number of benzene rings is 1. The summed E-state index contributed by atoms with van der Waals surface area (Å²) in [6, 6.07) is 11.8. The molecule has 33 heavy (non-hydrogen) atoms. The van der Waals surface area contributed by atoms with E-state index >= 15 is 0 Å². The van der Waals surface area contributed by atoms with Crippen LogP contribution in [0.15, 0.2) is 57.0 Å². The first-order valence-corrected chi connectivity index (χ1v) is 13.1. The van der Waals surface area contributed by atoms with Crippen LogP contribution in [-0.2, 0) is 30.6 Å². The Hall–Kier alpha value is -2.84. The van der Waals surface area contributed by atoms with Crippen molar-refractivity contribution in [1.29, 1.82) is 0 Å². The van der Waals surface area contributed by atoms with Gasteiger partial charge in [-0.15, -0.1) is 11.3 Å². The van der Waals surface area contributed by atoms with Crippen molar-refractivity contribution in [2.24, 2.45) is 0 Å². The summed E-state index contributed by atoms with van der Waals surface area (Å²) in [4.78, 5) is 35.6. The third-order valence-corrected chi connectivity index (χ3v) is 8.57. The summed E-state index contributed by atoms with van der Waals surface area (Å²) >= 11 is 2.97. The molecule has 0 spiro atoms. The van der Waals surface area contributed by atoms with Crippen LogP contribution in [0, 0.1) is 0 Å². The van der Waals surface area contributed by atoms with Gasteiger partial charge < -0.3 is 9.32 Å². The fraction of sp³-hybridized carbons (Fsp3) is 0.320. The van der Waals surface area contributed by atoms with Crippen LogP contribution in [0.4, 0.5) is 5.69 Å². The van der Waals surface area contributed by atoms with Crippen LogP contribution in [-0.4, -0.2) is 27.8 Å². The van der Waals surface area contributed by atoms with Crippen molar-refractivity contribution in [3.8, 4) is 0 Å². The van der Waals surface area contributed by atoms with Gasteiger partial charge in [-0.3, -0.25) is 14.2 Å². The summed E-state index contributed by atoms with van der Waals surface area (Å²) < 4.78 is 7.20. The zero-order chi connectivity index (χ0) is 22.4. The van der Waals surface area contributed by atoms with Gasteiger partial charge in [0.1, 0.15) is 10.6 Å². The van der Waals surface area contributed by atoms with E-state index in [4.69, 9.17) is 9.40 Å². The Balaban J connectivity index is 1.34. The maximum atomic E-state index is 13.6. The molecule has 0 fully saturated rings. The van der Waals surface area contributed by atoms with Crippen LogP contribution in [0.1, 0.15) is 34.6 Å². The highest BCUT2D eigenvalue weighted by Crippen LogP contribution is 2.36. The molecule has 6 nitrogen and oxygen atoms in total. The van der Waals surface area contributed by atoms with Gasteiger partial charge in [-0.25, -0.2) is 4.98 Å². The van der Waals surface area contributed by atoms with E-state index in [1.807, 2.05) is 35.2 Å². The van der Waals surface area contributed by atoms with Gasteiger partial charge in [0.25, 0.3) is 5.56 Å². The number of furan rings is 1. The predicted octanol–water partition coefficient (Wildman–Crippen LogP) is 4.66. The molecule has 8 heteroatoms. The molecule has 4 heterocycles. The second-order valence-electron chi connectivity index (χ2n) is 8.47. The average molecular weight is 478 g/mol. The molecule has 0 saturated carbocycles. The van der Waals surface area contributed by atoms with Crippen LogP contribution in [0.5, 0.6) is 0 Å². The van der Waals surface area contributed by atoms with Crippen LogP contribution in [0.3, 0.4) is 0 Å². The largest absolute Gasteiger partial charge is 0.467 e. The Morgan fingerprint density at radius 3 is 2.91 bits per heavy atom. The summed E-state index contributed by atoms with van der Waals surface area (Å²) in [5.74, 6) is 0.971. The van der Waals surface area contributed by atoms with Crippen molar-refractivity contribution >= 4 is 44.9 Å². The Morgan fingerprint density at radius 1 is 1.12 bits per heavy atom. The molecule has 0 N–H and O–H groups in total.